The van der Waals surface area contributed by atoms with Crippen molar-refractivity contribution in [1.82, 2.24) is 14.1 Å². The van der Waals surface area contributed by atoms with Gasteiger partial charge in [0.1, 0.15) is 0 Å². The number of likely N-dealkylation sites (N-methyl/N-ethyl adjacent to an activating group) is 1. The quantitative estimate of drug-likeness (QED) is 0.727. The maximum atomic E-state index is 12.7. The molecule has 0 amide bonds. The van der Waals surface area contributed by atoms with Gasteiger partial charge in [-0.05, 0) is 37.4 Å². The molecule has 1 aromatic rings. The second-order valence-corrected chi connectivity index (χ2v) is 8.67. The summed E-state index contributed by atoms with van der Waals surface area (Å²) in [6.07, 6.45) is -0.417. The van der Waals surface area contributed by atoms with Gasteiger partial charge in [-0.2, -0.15) is 4.31 Å². The van der Waals surface area contributed by atoms with E-state index in [0.717, 1.165) is 13.1 Å². The van der Waals surface area contributed by atoms with E-state index in [0.29, 0.717) is 44.3 Å². The van der Waals surface area contributed by atoms with E-state index in [9.17, 15) is 13.5 Å². The number of benzene rings is 1. The topological polar surface area (TPSA) is 64.1 Å². The van der Waals surface area contributed by atoms with Crippen LogP contribution in [0.25, 0.3) is 0 Å². The molecule has 1 N–H and O–H groups in total. The van der Waals surface area contributed by atoms with Crippen molar-refractivity contribution in [3.05, 3.63) is 29.3 Å². The molecule has 142 valence electrons. The number of hydrogen-bond acceptors (Lipinski definition) is 5. The Morgan fingerprint density at radius 3 is 2.20 bits per heavy atom. The van der Waals surface area contributed by atoms with Crippen molar-refractivity contribution in [2.24, 2.45) is 0 Å². The molecule has 1 atom stereocenters. The van der Waals surface area contributed by atoms with Gasteiger partial charge in [-0.25, -0.2) is 8.42 Å². The second kappa shape index (κ2) is 9.30. The van der Waals surface area contributed by atoms with Crippen molar-refractivity contribution in [2.45, 2.75) is 24.8 Å². The third-order valence-electron chi connectivity index (χ3n) is 4.61. The first-order valence-electron chi connectivity index (χ1n) is 8.75. The lowest BCUT2D eigenvalue weighted by atomic mass is 10.2. The second-order valence-electron chi connectivity index (χ2n) is 6.30. The Hall–Kier alpha value is -0.700. The molecule has 0 bridgehead atoms. The highest BCUT2D eigenvalue weighted by atomic mass is 35.5. The summed E-state index contributed by atoms with van der Waals surface area (Å²) >= 11 is 5.83. The Kier molecular flexibility index (Phi) is 7.67. The lowest BCUT2D eigenvalue weighted by Gasteiger charge is -2.35. The van der Waals surface area contributed by atoms with E-state index in [4.69, 9.17) is 11.6 Å². The molecule has 1 aliphatic heterocycles. The zero-order chi connectivity index (χ0) is 18.4. The van der Waals surface area contributed by atoms with Crippen LogP contribution in [0.5, 0.6) is 0 Å². The molecule has 1 heterocycles. The van der Waals surface area contributed by atoms with Gasteiger partial charge in [0.05, 0.1) is 11.0 Å². The van der Waals surface area contributed by atoms with Gasteiger partial charge in [0, 0.05) is 44.3 Å². The average molecular weight is 390 g/mol. The average Bonchev–Trinajstić information content (AvgIpc) is 2.60. The number of piperazine rings is 1. The van der Waals surface area contributed by atoms with Crippen molar-refractivity contribution >= 4 is 21.6 Å². The van der Waals surface area contributed by atoms with Crippen LogP contribution in [0, 0.1) is 0 Å². The molecular weight excluding hydrogens is 362 g/mol. The van der Waals surface area contributed by atoms with Gasteiger partial charge >= 0.3 is 0 Å². The Morgan fingerprint density at radius 2 is 1.68 bits per heavy atom. The number of aliphatic hydroxyl groups is 1. The molecular formula is C17H28ClN3O3S. The van der Waals surface area contributed by atoms with Crippen LogP contribution >= 0.6 is 11.6 Å². The van der Waals surface area contributed by atoms with Crippen molar-refractivity contribution in [3.63, 3.8) is 0 Å². The summed E-state index contributed by atoms with van der Waals surface area (Å²) < 4.78 is 26.8. The maximum absolute atomic E-state index is 12.7. The summed E-state index contributed by atoms with van der Waals surface area (Å²) in [6, 6.07) is 6.26. The van der Waals surface area contributed by atoms with Crippen molar-refractivity contribution in [1.29, 1.82) is 0 Å². The lowest BCUT2D eigenvalue weighted by Crippen LogP contribution is -2.51. The van der Waals surface area contributed by atoms with Gasteiger partial charge in [-0.15, -0.1) is 0 Å². The fourth-order valence-electron chi connectivity index (χ4n) is 3.04. The summed E-state index contributed by atoms with van der Waals surface area (Å²) in [5.41, 5.74) is 0. The summed E-state index contributed by atoms with van der Waals surface area (Å²) in [5.74, 6) is 0. The van der Waals surface area contributed by atoms with E-state index in [1.807, 2.05) is 0 Å². The highest BCUT2D eigenvalue weighted by Gasteiger charge is 2.29. The van der Waals surface area contributed by atoms with Crippen LogP contribution in [0.1, 0.15) is 13.8 Å². The Morgan fingerprint density at radius 1 is 1.12 bits per heavy atom. The van der Waals surface area contributed by atoms with Crippen molar-refractivity contribution in [2.75, 3.05) is 52.4 Å². The zero-order valence-corrected chi connectivity index (χ0v) is 16.5. The fourth-order valence-corrected chi connectivity index (χ4v) is 4.59. The van der Waals surface area contributed by atoms with Crippen molar-refractivity contribution in [3.8, 4) is 0 Å². The van der Waals surface area contributed by atoms with E-state index >= 15 is 0 Å². The number of nitrogens with zero attached hydrogens (tertiary/aromatic N) is 3. The predicted octanol–water partition coefficient (Wildman–Crippen LogP) is 1.35. The number of halogens is 1. The summed E-state index contributed by atoms with van der Waals surface area (Å²) in [6.45, 7) is 9.34. The van der Waals surface area contributed by atoms with E-state index < -0.39 is 16.1 Å². The summed E-state index contributed by atoms with van der Waals surface area (Å²) in [4.78, 5) is 4.58. The van der Waals surface area contributed by atoms with Crippen LogP contribution in [0.2, 0.25) is 5.02 Å². The molecule has 1 aliphatic rings. The third-order valence-corrected chi connectivity index (χ3v) is 6.78. The monoisotopic (exact) mass is 389 g/mol. The lowest BCUT2D eigenvalue weighted by molar-refractivity contribution is 0.0646. The minimum atomic E-state index is -3.48. The predicted molar refractivity (Wildman–Crippen MR) is 100 cm³/mol. The molecule has 0 spiro atoms. The number of hydrogen-bond donors (Lipinski definition) is 1. The first-order valence-corrected chi connectivity index (χ1v) is 10.6. The first-order chi connectivity index (χ1) is 11.9. The molecule has 25 heavy (non-hydrogen) atoms. The normalized spacial score (nSPS) is 18.6. The molecule has 0 radical (unpaired) electrons. The number of rotatable bonds is 8. The molecule has 1 unspecified atom stereocenters. The smallest absolute Gasteiger partial charge is 0.243 e. The van der Waals surface area contributed by atoms with E-state index in [-0.39, 0.29) is 4.90 Å². The summed E-state index contributed by atoms with van der Waals surface area (Å²) in [7, 11) is -3.48. The third kappa shape index (κ3) is 5.64. The molecule has 1 fully saturated rings. The number of aliphatic hydroxyl groups excluding tert-OH is 1. The van der Waals surface area contributed by atoms with Crippen LogP contribution in [-0.4, -0.2) is 86.1 Å². The first kappa shape index (κ1) is 20.6. The standard InChI is InChI=1S/C17H28ClN3O3S/c1-3-19(4-2)13-16(22)14-20-9-11-21(12-10-20)25(23,24)17-7-5-15(18)6-8-17/h5-8,16,22H,3-4,9-14H2,1-2H3. The molecule has 6 nitrogen and oxygen atoms in total. The van der Waals surface area contributed by atoms with Gasteiger partial charge in [0.15, 0.2) is 0 Å². The SMILES string of the molecule is CCN(CC)CC(O)CN1CCN(S(=O)(=O)c2ccc(Cl)cc2)CC1. The number of sulfonamides is 1. The zero-order valence-electron chi connectivity index (χ0n) is 14.9. The molecule has 0 saturated carbocycles. The van der Waals surface area contributed by atoms with Crippen LogP contribution in [0.15, 0.2) is 29.2 Å². The van der Waals surface area contributed by atoms with Gasteiger partial charge in [-0.3, -0.25) is 4.90 Å². The van der Waals surface area contributed by atoms with E-state index in [2.05, 4.69) is 23.6 Å². The minimum absolute atomic E-state index is 0.270. The molecule has 1 aromatic carbocycles. The molecule has 8 heteroatoms. The van der Waals surface area contributed by atoms with Crippen molar-refractivity contribution < 1.29 is 13.5 Å². The fraction of sp³-hybridized carbons (Fsp3) is 0.647. The largest absolute Gasteiger partial charge is 0.390 e. The Bertz CT molecular complexity index is 627. The highest BCUT2D eigenvalue weighted by molar-refractivity contribution is 7.89. The maximum Gasteiger partial charge on any atom is 0.243 e. The van der Waals surface area contributed by atoms with Crippen LogP contribution < -0.4 is 0 Å². The molecule has 0 aromatic heterocycles. The Balaban J connectivity index is 1.87. The summed E-state index contributed by atoms with van der Waals surface area (Å²) in [5, 5.41) is 10.8. The van der Waals surface area contributed by atoms with Gasteiger partial charge in [0.25, 0.3) is 0 Å². The van der Waals surface area contributed by atoms with E-state index in [1.54, 1.807) is 12.1 Å². The Labute approximate surface area is 156 Å². The minimum Gasteiger partial charge on any atom is -0.390 e. The van der Waals surface area contributed by atoms with Crippen LogP contribution in [0.3, 0.4) is 0 Å². The number of β-amino-alcohol motifs (C(OH)–C–C–N with tert-alkyl or cyclic N) is 1. The van der Waals surface area contributed by atoms with Crippen LogP contribution in [-0.2, 0) is 10.0 Å². The highest BCUT2D eigenvalue weighted by Crippen LogP contribution is 2.19. The van der Waals surface area contributed by atoms with Gasteiger partial charge in [-0.1, -0.05) is 25.4 Å². The van der Waals surface area contributed by atoms with Gasteiger partial charge < -0.3 is 10.0 Å². The molecule has 2 rings (SSSR count). The molecule has 1 saturated heterocycles. The van der Waals surface area contributed by atoms with E-state index in [1.165, 1.54) is 16.4 Å². The van der Waals surface area contributed by atoms with Crippen LogP contribution in [0.4, 0.5) is 0 Å². The molecule has 0 aliphatic carbocycles. The van der Waals surface area contributed by atoms with Gasteiger partial charge in [0.2, 0.25) is 10.0 Å².